The summed E-state index contributed by atoms with van der Waals surface area (Å²) in [5, 5.41) is 18.9. The Bertz CT molecular complexity index is 850. The predicted molar refractivity (Wildman–Crippen MR) is 118 cm³/mol. The molecule has 0 aliphatic carbocycles. The van der Waals surface area contributed by atoms with Crippen molar-refractivity contribution in [1.82, 2.24) is 10.2 Å². The molecule has 2 aliphatic heterocycles. The van der Waals surface area contributed by atoms with Crippen molar-refractivity contribution >= 4 is 22.9 Å². The zero-order valence-corrected chi connectivity index (χ0v) is 18.0. The van der Waals surface area contributed by atoms with Crippen molar-refractivity contribution in [3.05, 3.63) is 40.6 Å². The lowest BCUT2D eigenvalue weighted by Crippen LogP contribution is -2.50. The molecule has 7 nitrogen and oxygen atoms in total. The van der Waals surface area contributed by atoms with Crippen LogP contribution in [0.5, 0.6) is 11.5 Å². The first-order chi connectivity index (χ1) is 14.6. The van der Waals surface area contributed by atoms with E-state index >= 15 is 0 Å². The van der Waals surface area contributed by atoms with Crippen LogP contribution in [0.15, 0.2) is 35.7 Å². The second-order valence-electron chi connectivity index (χ2n) is 7.88. The Morgan fingerprint density at radius 1 is 1.27 bits per heavy atom. The van der Waals surface area contributed by atoms with Gasteiger partial charge in [-0.15, -0.1) is 11.3 Å². The fraction of sp³-hybridized carbons (Fsp3) is 0.500. The molecule has 1 saturated heterocycles. The highest BCUT2D eigenvalue weighted by Crippen LogP contribution is 2.31. The highest BCUT2D eigenvalue weighted by molar-refractivity contribution is 7.10. The molecule has 0 spiro atoms. The molecule has 0 bridgehead atoms. The molecule has 162 valence electrons. The van der Waals surface area contributed by atoms with Crippen molar-refractivity contribution in [2.24, 2.45) is 0 Å². The first kappa shape index (κ1) is 21.1. The van der Waals surface area contributed by atoms with Gasteiger partial charge in [0.25, 0.3) is 0 Å². The molecule has 4 rings (SSSR count). The third kappa shape index (κ3) is 5.31. The molecule has 2 aromatic rings. The number of aryl methyl sites for hydroxylation is 1. The number of benzene rings is 1. The quantitative estimate of drug-likeness (QED) is 0.624. The molecule has 3 N–H and O–H groups in total. The molecule has 1 fully saturated rings. The maximum atomic E-state index is 12.3. The summed E-state index contributed by atoms with van der Waals surface area (Å²) in [5.41, 5.74) is 0.909. The summed E-state index contributed by atoms with van der Waals surface area (Å²) < 4.78 is 11.6. The topological polar surface area (TPSA) is 83.1 Å². The zero-order valence-electron chi connectivity index (χ0n) is 17.2. The SMILES string of the molecule is Cc1sccc1NC(=O)CN1CCC(NCC(O)C2COc3ccccc3O2)CC1. The number of para-hydroxylation sites is 2. The number of aliphatic hydroxyl groups is 1. The Kier molecular flexibility index (Phi) is 6.89. The van der Waals surface area contributed by atoms with Crippen LogP contribution in [0.25, 0.3) is 0 Å². The Hall–Kier alpha value is -2.13. The molecule has 30 heavy (non-hydrogen) atoms. The first-order valence-electron chi connectivity index (χ1n) is 10.4. The molecule has 2 atom stereocenters. The summed E-state index contributed by atoms with van der Waals surface area (Å²) in [7, 11) is 0. The first-order valence-corrected chi connectivity index (χ1v) is 11.3. The van der Waals surface area contributed by atoms with Crippen molar-refractivity contribution in [1.29, 1.82) is 0 Å². The summed E-state index contributed by atoms with van der Waals surface area (Å²) in [6.45, 7) is 4.95. The normalized spacial score (nSPS) is 20.7. The van der Waals surface area contributed by atoms with E-state index in [2.05, 4.69) is 15.5 Å². The van der Waals surface area contributed by atoms with Gasteiger partial charge in [-0.25, -0.2) is 0 Å². The third-order valence-electron chi connectivity index (χ3n) is 5.66. The van der Waals surface area contributed by atoms with Gasteiger partial charge in [0.1, 0.15) is 12.7 Å². The zero-order chi connectivity index (χ0) is 20.9. The predicted octanol–water partition coefficient (Wildman–Crippen LogP) is 2.25. The minimum absolute atomic E-state index is 0.0352. The van der Waals surface area contributed by atoms with E-state index in [1.165, 1.54) is 0 Å². The molecule has 1 aromatic heterocycles. The lowest BCUT2D eigenvalue weighted by Gasteiger charge is -2.34. The van der Waals surface area contributed by atoms with Crippen molar-refractivity contribution in [3.63, 3.8) is 0 Å². The van der Waals surface area contributed by atoms with Gasteiger partial charge in [0.05, 0.1) is 12.2 Å². The van der Waals surface area contributed by atoms with Crippen LogP contribution in [0.2, 0.25) is 0 Å². The van der Waals surface area contributed by atoms with Gasteiger partial charge in [-0.05, 0) is 43.3 Å². The molecule has 1 aromatic carbocycles. The van der Waals surface area contributed by atoms with Crippen molar-refractivity contribution in [2.45, 2.75) is 38.0 Å². The fourth-order valence-corrected chi connectivity index (χ4v) is 4.50. The van der Waals surface area contributed by atoms with Crippen LogP contribution in [-0.2, 0) is 4.79 Å². The molecule has 8 heteroatoms. The van der Waals surface area contributed by atoms with Crippen LogP contribution >= 0.6 is 11.3 Å². The summed E-state index contributed by atoms with van der Waals surface area (Å²) in [5.74, 6) is 1.43. The Labute approximate surface area is 181 Å². The molecule has 2 unspecified atom stereocenters. The van der Waals surface area contributed by atoms with E-state index in [4.69, 9.17) is 9.47 Å². The molecule has 0 radical (unpaired) electrons. The third-order valence-corrected chi connectivity index (χ3v) is 6.51. The van der Waals surface area contributed by atoms with Gasteiger partial charge in [-0.1, -0.05) is 12.1 Å². The number of amides is 1. The number of fused-ring (bicyclic) bond motifs is 1. The number of hydrogen-bond acceptors (Lipinski definition) is 7. The monoisotopic (exact) mass is 431 g/mol. The van der Waals surface area contributed by atoms with Crippen LogP contribution in [-0.4, -0.2) is 66.9 Å². The van der Waals surface area contributed by atoms with Gasteiger partial charge >= 0.3 is 0 Å². The molecular weight excluding hydrogens is 402 g/mol. The lowest BCUT2D eigenvalue weighted by atomic mass is 10.0. The number of carbonyl (C=O) groups is 1. The van der Waals surface area contributed by atoms with Gasteiger partial charge < -0.3 is 25.2 Å². The van der Waals surface area contributed by atoms with E-state index in [0.717, 1.165) is 42.2 Å². The fourth-order valence-electron chi connectivity index (χ4n) is 3.85. The van der Waals surface area contributed by atoms with E-state index in [1.807, 2.05) is 42.6 Å². The van der Waals surface area contributed by atoms with E-state index in [9.17, 15) is 9.90 Å². The standard InChI is InChI=1S/C22H29N3O4S/c1-15-17(8-11-30-15)24-22(27)13-25-9-6-16(7-10-25)23-12-18(26)21-14-28-19-4-2-3-5-20(19)29-21/h2-5,8,11,16,18,21,23,26H,6-7,9-10,12-14H2,1H3,(H,24,27). The average Bonchev–Trinajstić information content (AvgIpc) is 3.16. The number of piperidine rings is 1. The molecule has 2 aliphatic rings. The number of anilines is 1. The Morgan fingerprint density at radius 2 is 2.03 bits per heavy atom. The average molecular weight is 432 g/mol. The second-order valence-corrected chi connectivity index (χ2v) is 9.00. The lowest BCUT2D eigenvalue weighted by molar-refractivity contribution is -0.117. The minimum atomic E-state index is -0.643. The van der Waals surface area contributed by atoms with Crippen molar-refractivity contribution in [3.8, 4) is 11.5 Å². The van der Waals surface area contributed by atoms with Gasteiger partial charge in [-0.2, -0.15) is 0 Å². The van der Waals surface area contributed by atoms with Crippen LogP contribution in [0.1, 0.15) is 17.7 Å². The summed E-state index contributed by atoms with van der Waals surface area (Å²) in [4.78, 5) is 15.6. The van der Waals surface area contributed by atoms with Crippen LogP contribution in [0.4, 0.5) is 5.69 Å². The maximum Gasteiger partial charge on any atom is 0.238 e. The number of carbonyl (C=O) groups excluding carboxylic acids is 1. The van der Waals surface area contributed by atoms with E-state index < -0.39 is 6.10 Å². The molecule has 0 saturated carbocycles. The number of nitrogens with zero attached hydrogens (tertiary/aromatic N) is 1. The number of ether oxygens (including phenoxy) is 2. The van der Waals surface area contributed by atoms with Crippen LogP contribution in [0.3, 0.4) is 0 Å². The number of thiophene rings is 1. The number of nitrogens with one attached hydrogen (secondary N) is 2. The van der Waals surface area contributed by atoms with E-state index in [1.54, 1.807) is 11.3 Å². The highest BCUT2D eigenvalue weighted by Gasteiger charge is 2.28. The number of hydrogen-bond donors (Lipinski definition) is 3. The van der Waals surface area contributed by atoms with Gasteiger partial charge in [0.2, 0.25) is 5.91 Å². The minimum Gasteiger partial charge on any atom is -0.486 e. The van der Waals surface area contributed by atoms with Crippen LogP contribution in [0, 0.1) is 6.92 Å². The Morgan fingerprint density at radius 3 is 2.77 bits per heavy atom. The van der Waals surface area contributed by atoms with Gasteiger partial charge in [0, 0.05) is 30.6 Å². The molecular formula is C22H29N3O4S. The van der Waals surface area contributed by atoms with E-state index in [-0.39, 0.29) is 12.0 Å². The van der Waals surface area contributed by atoms with E-state index in [0.29, 0.717) is 31.5 Å². The largest absolute Gasteiger partial charge is 0.486 e. The van der Waals surface area contributed by atoms with Crippen molar-refractivity contribution < 1.29 is 19.4 Å². The highest BCUT2D eigenvalue weighted by atomic mass is 32.1. The van der Waals surface area contributed by atoms with Crippen LogP contribution < -0.4 is 20.1 Å². The summed E-state index contributed by atoms with van der Waals surface area (Å²) in [6.07, 6.45) is 0.873. The smallest absolute Gasteiger partial charge is 0.238 e. The van der Waals surface area contributed by atoms with Gasteiger partial charge in [-0.3, -0.25) is 9.69 Å². The number of likely N-dealkylation sites (tertiary alicyclic amines) is 1. The Balaban J connectivity index is 1.15. The molecule has 1 amide bonds. The summed E-state index contributed by atoms with van der Waals surface area (Å²) >= 11 is 1.63. The molecule has 3 heterocycles. The second kappa shape index (κ2) is 9.78. The maximum absolute atomic E-state index is 12.3. The summed E-state index contributed by atoms with van der Waals surface area (Å²) in [6, 6.07) is 9.79. The number of aliphatic hydroxyl groups excluding tert-OH is 1. The van der Waals surface area contributed by atoms with Crippen molar-refractivity contribution in [2.75, 3.05) is 38.1 Å². The van der Waals surface area contributed by atoms with Gasteiger partial charge in [0.15, 0.2) is 17.6 Å². The number of rotatable bonds is 7.